The van der Waals surface area contributed by atoms with Crippen molar-refractivity contribution in [2.45, 2.75) is 48.3 Å². The van der Waals surface area contributed by atoms with E-state index in [-0.39, 0.29) is 9.79 Å². The first-order valence-corrected chi connectivity index (χ1v) is 12.3. The van der Waals surface area contributed by atoms with Crippen molar-refractivity contribution < 1.29 is 16.8 Å². The van der Waals surface area contributed by atoms with Gasteiger partial charge in [-0.1, -0.05) is 12.8 Å². The fraction of sp³-hybridized carbons (Fsp3) is 0.625. The minimum atomic E-state index is -3.70. The van der Waals surface area contributed by atoms with Crippen LogP contribution in [0.15, 0.2) is 32.5 Å². The summed E-state index contributed by atoms with van der Waals surface area (Å²) in [7, 11) is -7.37. The van der Waals surface area contributed by atoms with Crippen LogP contribution in [0.25, 0.3) is 0 Å². The molecule has 1 aromatic carbocycles. The first kappa shape index (κ1) is 19.3. The Bertz CT molecular complexity index is 828. The minimum absolute atomic E-state index is 0.0347. The Labute approximate surface area is 158 Å². The minimum Gasteiger partial charge on any atom is -0.207 e. The van der Waals surface area contributed by atoms with Crippen molar-refractivity contribution in [3.63, 3.8) is 0 Å². The summed E-state index contributed by atoms with van der Waals surface area (Å²) in [6, 6.07) is 4.30. The summed E-state index contributed by atoms with van der Waals surface area (Å²) in [4.78, 5) is 0.0840. The highest BCUT2D eigenvalue weighted by atomic mass is 79.9. The summed E-state index contributed by atoms with van der Waals surface area (Å²) in [5, 5.41) is 0. The number of rotatable bonds is 4. The molecule has 0 amide bonds. The molecular formula is C16H23BrN2O4S2. The number of halogens is 1. The van der Waals surface area contributed by atoms with Crippen LogP contribution < -0.4 is 0 Å². The molecule has 0 atom stereocenters. The normalized spacial score (nSPS) is 21.3. The van der Waals surface area contributed by atoms with Crippen LogP contribution in [-0.2, 0) is 20.0 Å². The van der Waals surface area contributed by atoms with Crippen molar-refractivity contribution in [2.24, 2.45) is 0 Å². The van der Waals surface area contributed by atoms with Gasteiger partial charge in [-0.05, 0) is 59.8 Å². The Morgan fingerprint density at radius 3 is 1.72 bits per heavy atom. The number of hydrogen-bond donors (Lipinski definition) is 0. The molecular weight excluding hydrogens is 428 g/mol. The topological polar surface area (TPSA) is 74.8 Å². The number of piperidine rings is 2. The molecule has 0 unspecified atom stereocenters. The Morgan fingerprint density at radius 2 is 1.20 bits per heavy atom. The molecule has 0 N–H and O–H groups in total. The molecule has 0 aromatic heterocycles. The van der Waals surface area contributed by atoms with Crippen LogP contribution in [0.3, 0.4) is 0 Å². The molecule has 2 aliphatic heterocycles. The van der Waals surface area contributed by atoms with E-state index in [0.29, 0.717) is 30.7 Å². The molecule has 25 heavy (non-hydrogen) atoms. The molecule has 0 spiro atoms. The van der Waals surface area contributed by atoms with E-state index in [9.17, 15) is 16.8 Å². The van der Waals surface area contributed by atoms with Gasteiger partial charge in [0.2, 0.25) is 20.0 Å². The third-order valence-corrected chi connectivity index (χ3v) is 9.58. The van der Waals surface area contributed by atoms with E-state index in [1.54, 1.807) is 0 Å². The van der Waals surface area contributed by atoms with Crippen molar-refractivity contribution in [3.05, 3.63) is 22.7 Å². The highest BCUT2D eigenvalue weighted by molar-refractivity contribution is 9.10. The highest BCUT2D eigenvalue weighted by Crippen LogP contribution is 2.31. The molecule has 0 radical (unpaired) electrons. The Morgan fingerprint density at radius 1 is 0.720 bits per heavy atom. The van der Waals surface area contributed by atoms with Gasteiger partial charge in [-0.2, -0.15) is 8.61 Å². The molecule has 2 fully saturated rings. The van der Waals surface area contributed by atoms with Gasteiger partial charge < -0.3 is 0 Å². The first-order chi connectivity index (χ1) is 11.8. The average molecular weight is 451 g/mol. The molecule has 9 heteroatoms. The molecule has 140 valence electrons. The zero-order valence-corrected chi connectivity index (χ0v) is 17.2. The maximum Gasteiger partial charge on any atom is 0.244 e. The Kier molecular flexibility index (Phi) is 5.89. The summed E-state index contributed by atoms with van der Waals surface area (Å²) in [6.07, 6.45) is 5.41. The van der Waals surface area contributed by atoms with Crippen LogP contribution in [-0.4, -0.2) is 51.6 Å². The van der Waals surface area contributed by atoms with Crippen LogP contribution in [0.2, 0.25) is 0 Å². The van der Waals surface area contributed by atoms with E-state index in [0.717, 1.165) is 38.5 Å². The summed E-state index contributed by atoms with van der Waals surface area (Å²) >= 11 is 3.28. The first-order valence-electron chi connectivity index (χ1n) is 8.63. The standard InChI is InChI=1S/C16H23BrN2O4S2/c17-15-8-7-14(24(20,21)18-9-3-1-4-10-18)13-16(15)25(22,23)19-11-5-2-6-12-19/h7-8,13H,1-6,9-12H2. The second-order valence-corrected chi connectivity index (χ2v) is 11.2. The molecule has 0 bridgehead atoms. The predicted octanol–water partition coefficient (Wildman–Crippen LogP) is 2.80. The predicted molar refractivity (Wildman–Crippen MR) is 99.4 cm³/mol. The SMILES string of the molecule is O=S(=O)(c1ccc(Br)c(S(=O)(=O)N2CCCCC2)c1)N1CCCCC1. The monoisotopic (exact) mass is 450 g/mol. The lowest BCUT2D eigenvalue weighted by Gasteiger charge is -2.28. The van der Waals surface area contributed by atoms with Crippen molar-refractivity contribution in [2.75, 3.05) is 26.2 Å². The zero-order valence-electron chi connectivity index (χ0n) is 14.0. The largest absolute Gasteiger partial charge is 0.244 e. The number of nitrogens with zero attached hydrogens (tertiary/aromatic N) is 2. The van der Waals surface area contributed by atoms with Gasteiger partial charge in [0.1, 0.15) is 0 Å². The van der Waals surface area contributed by atoms with E-state index in [2.05, 4.69) is 15.9 Å². The van der Waals surface area contributed by atoms with Gasteiger partial charge in [-0.25, -0.2) is 16.8 Å². The van der Waals surface area contributed by atoms with Crippen LogP contribution in [0, 0.1) is 0 Å². The maximum absolute atomic E-state index is 13.0. The smallest absolute Gasteiger partial charge is 0.207 e. The summed E-state index contributed by atoms with van der Waals surface area (Å²) in [5.74, 6) is 0. The van der Waals surface area contributed by atoms with Gasteiger partial charge in [0.05, 0.1) is 9.79 Å². The van der Waals surface area contributed by atoms with Crippen LogP contribution in [0.5, 0.6) is 0 Å². The van der Waals surface area contributed by atoms with Gasteiger partial charge >= 0.3 is 0 Å². The molecule has 3 rings (SSSR count). The van der Waals surface area contributed by atoms with Crippen molar-refractivity contribution >= 4 is 36.0 Å². The van der Waals surface area contributed by atoms with Crippen molar-refractivity contribution in [1.29, 1.82) is 0 Å². The van der Waals surface area contributed by atoms with E-state index < -0.39 is 20.0 Å². The lowest BCUT2D eigenvalue weighted by atomic mass is 10.2. The fourth-order valence-electron chi connectivity index (χ4n) is 3.34. The second kappa shape index (κ2) is 7.64. The fourth-order valence-corrected chi connectivity index (χ4v) is 7.43. The maximum atomic E-state index is 13.0. The van der Waals surface area contributed by atoms with E-state index in [1.807, 2.05) is 0 Å². The van der Waals surface area contributed by atoms with Crippen molar-refractivity contribution in [3.8, 4) is 0 Å². The molecule has 6 nitrogen and oxygen atoms in total. The quantitative estimate of drug-likeness (QED) is 0.706. The van der Waals surface area contributed by atoms with Gasteiger partial charge in [-0.15, -0.1) is 0 Å². The molecule has 2 heterocycles. The molecule has 0 aliphatic carbocycles. The number of benzene rings is 1. The number of hydrogen-bond acceptors (Lipinski definition) is 4. The van der Waals surface area contributed by atoms with Crippen molar-refractivity contribution in [1.82, 2.24) is 8.61 Å². The van der Waals surface area contributed by atoms with Gasteiger partial charge in [-0.3, -0.25) is 0 Å². The van der Waals surface area contributed by atoms with Gasteiger partial charge in [0, 0.05) is 30.7 Å². The van der Waals surface area contributed by atoms with E-state index in [1.165, 1.54) is 26.8 Å². The summed E-state index contributed by atoms with van der Waals surface area (Å²) < 4.78 is 54.9. The third-order valence-electron chi connectivity index (χ3n) is 4.79. The second-order valence-electron chi connectivity index (χ2n) is 6.52. The van der Waals surface area contributed by atoms with E-state index in [4.69, 9.17) is 0 Å². The molecule has 0 saturated carbocycles. The third kappa shape index (κ3) is 3.95. The zero-order chi connectivity index (χ0) is 18.1. The van der Waals surface area contributed by atoms with Crippen LogP contribution >= 0.6 is 15.9 Å². The molecule has 2 aliphatic rings. The average Bonchev–Trinajstić information content (AvgIpc) is 2.63. The molecule has 2 saturated heterocycles. The summed E-state index contributed by atoms with van der Waals surface area (Å²) in [5.41, 5.74) is 0. The lowest BCUT2D eigenvalue weighted by molar-refractivity contribution is 0.345. The van der Waals surface area contributed by atoms with E-state index >= 15 is 0 Å². The Hall–Kier alpha value is -0.480. The van der Waals surface area contributed by atoms with Gasteiger partial charge in [0.15, 0.2) is 0 Å². The Balaban J connectivity index is 1.98. The van der Waals surface area contributed by atoms with Gasteiger partial charge in [0.25, 0.3) is 0 Å². The highest BCUT2D eigenvalue weighted by Gasteiger charge is 2.31. The lowest BCUT2D eigenvalue weighted by Crippen LogP contribution is -2.37. The molecule has 1 aromatic rings. The summed E-state index contributed by atoms with van der Waals surface area (Å²) in [6.45, 7) is 1.95. The van der Waals surface area contributed by atoms with Crippen LogP contribution in [0.4, 0.5) is 0 Å². The van der Waals surface area contributed by atoms with Crippen LogP contribution in [0.1, 0.15) is 38.5 Å². The number of sulfonamides is 2.